The van der Waals surface area contributed by atoms with Gasteiger partial charge in [-0.3, -0.25) is 4.99 Å². The van der Waals surface area contributed by atoms with Gasteiger partial charge in [0.1, 0.15) is 0 Å². The minimum atomic E-state index is -0.120. The predicted molar refractivity (Wildman–Crippen MR) is 133 cm³/mol. The lowest BCUT2D eigenvalue weighted by Gasteiger charge is -2.17. The Bertz CT molecular complexity index is 1300. The van der Waals surface area contributed by atoms with E-state index in [0.29, 0.717) is 5.57 Å². The Kier molecular flexibility index (Phi) is 5.69. The molecule has 4 aromatic rings. The van der Waals surface area contributed by atoms with Crippen LogP contribution in [0.2, 0.25) is 0 Å². The molecule has 0 N–H and O–H groups in total. The van der Waals surface area contributed by atoms with E-state index in [1.807, 2.05) is 116 Å². The third-order valence-electron chi connectivity index (χ3n) is 5.72. The van der Waals surface area contributed by atoms with Gasteiger partial charge in [-0.2, -0.15) is 4.58 Å². The van der Waals surface area contributed by atoms with E-state index in [9.17, 15) is 5.11 Å². The predicted octanol–water partition coefficient (Wildman–Crippen LogP) is 5.36. The zero-order chi connectivity index (χ0) is 22.6. The number of aliphatic imine (C=N–C) groups is 1. The molecule has 1 heterocycles. The molecule has 3 nitrogen and oxygen atoms in total. The van der Waals surface area contributed by atoms with E-state index in [4.69, 9.17) is 0 Å². The van der Waals surface area contributed by atoms with Gasteiger partial charge in [0.15, 0.2) is 18.1 Å². The van der Waals surface area contributed by atoms with Crippen molar-refractivity contribution in [1.29, 1.82) is 0 Å². The van der Waals surface area contributed by atoms with Gasteiger partial charge in [0.2, 0.25) is 5.69 Å². The number of benzene rings is 4. The number of hydrogen-bond acceptors (Lipinski definition) is 2. The molecular formula is C30H24N2O. The van der Waals surface area contributed by atoms with Crippen LogP contribution in [-0.2, 0) is 0 Å². The Morgan fingerprint density at radius 3 is 1.79 bits per heavy atom. The normalized spacial score (nSPS) is 15.0. The van der Waals surface area contributed by atoms with Crippen molar-refractivity contribution in [2.75, 3.05) is 0 Å². The third kappa shape index (κ3) is 4.53. The molecule has 0 fully saturated rings. The van der Waals surface area contributed by atoms with Crippen molar-refractivity contribution in [3.05, 3.63) is 143 Å². The number of aryl methyl sites for hydroxylation is 1. The second-order valence-corrected chi connectivity index (χ2v) is 8.09. The summed E-state index contributed by atoms with van der Waals surface area (Å²) < 4.78 is 1.75. The summed E-state index contributed by atoms with van der Waals surface area (Å²) in [5.74, 6) is -0.0780. The molecule has 33 heavy (non-hydrogen) atoms. The average molecular weight is 429 g/mol. The smallest absolute Gasteiger partial charge is 0.209 e. The van der Waals surface area contributed by atoms with Crippen LogP contribution in [0, 0.1) is 6.92 Å². The van der Waals surface area contributed by atoms with E-state index in [1.165, 1.54) is 0 Å². The van der Waals surface area contributed by atoms with Gasteiger partial charge in [-0.15, -0.1) is 0 Å². The molecule has 0 amide bonds. The molecule has 1 aliphatic rings. The Morgan fingerprint density at radius 1 is 0.727 bits per heavy atom. The molecule has 3 heteroatoms. The average Bonchev–Trinajstić information content (AvgIpc) is 3.65. The quantitative estimate of drug-likeness (QED) is 0.231. The first-order valence-electron chi connectivity index (χ1n) is 11.1. The molecule has 4 aromatic carbocycles. The first-order valence-corrected chi connectivity index (χ1v) is 11.1. The van der Waals surface area contributed by atoms with E-state index in [1.54, 1.807) is 4.58 Å². The second kappa shape index (κ2) is 9.09. The lowest BCUT2D eigenvalue weighted by atomic mass is 9.98. The fourth-order valence-corrected chi connectivity index (χ4v) is 3.93. The van der Waals surface area contributed by atoms with Gasteiger partial charge >= 0.3 is 0 Å². The highest BCUT2D eigenvalue weighted by Crippen LogP contribution is 2.29. The molecule has 1 aliphatic heterocycles. The van der Waals surface area contributed by atoms with E-state index in [0.717, 1.165) is 33.7 Å². The maximum Gasteiger partial charge on any atom is 0.209 e. The van der Waals surface area contributed by atoms with Crippen molar-refractivity contribution in [1.82, 2.24) is 0 Å². The van der Waals surface area contributed by atoms with E-state index < -0.39 is 0 Å². The Morgan fingerprint density at radius 2 is 1.24 bits per heavy atom. The maximum absolute atomic E-state index is 14.1. The highest BCUT2D eigenvalue weighted by molar-refractivity contribution is 6.21. The summed E-state index contributed by atoms with van der Waals surface area (Å²) in [7, 11) is 0. The Hall–Kier alpha value is -4.24. The monoisotopic (exact) mass is 428 g/mol. The first-order chi connectivity index (χ1) is 16.2. The van der Waals surface area contributed by atoms with Crippen molar-refractivity contribution >= 4 is 23.2 Å². The van der Waals surface area contributed by atoms with E-state index in [2.05, 4.69) is 17.1 Å². The molecule has 0 saturated carbocycles. The summed E-state index contributed by atoms with van der Waals surface area (Å²) in [5, 5.41) is 14.1. The fourth-order valence-electron chi connectivity index (χ4n) is 3.93. The maximum atomic E-state index is 14.1. The summed E-state index contributed by atoms with van der Waals surface area (Å²) in [6.07, 6.45) is 1.93. The molecule has 0 radical (unpaired) electrons. The highest BCUT2D eigenvalue weighted by Gasteiger charge is 2.32. The third-order valence-corrected chi connectivity index (χ3v) is 5.72. The van der Waals surface area contributed by atoms with Gasteiger partial charge in [0.05, 0.1) is 5.71 Å². The highest BCUT2D eigenvalue weighted by atomic mass is 16.3. The van der Waals surface area contributed by atoms with Gasteiger partial charge in [0, 0.05) is 17.7 Å². The van der Waals surface area contributed by atoms with Crippen molar-refractivity contribution < 1.29 is 9.68 Å². The van der Waals surface area contributed by atoms with Gasteiger partial charge in [-0.25, -0.2) is 0 Å². The van der Waals surface area contributed by atoms with Crippen molar-refractivity contribution in [3.63, 3.8) is 0 Å². The molecule has 1 unspecified atom stereocenters. The van der Waals surface area contributed by atoms with Crippen molar-refractivity contribution in [2.24, 2.45) is 4.99 Å². The van der Waals surface area contributed by atoms with Crippen LogP contribution in [0.1, 0.15) is 22.3 Å². The summed E-state index contributed by atoms with van der Waals surface area (Å²) >= 11 is 0. The number of rotatable bonds is 6. The van der Waals surface area contributed by atoms with E-state index in [-0.39, 0.29) is 11.9 Å². The number of hydrogen-bond donors (Lipinski definition) is 0. The zero-order valence-corrected chi connectivity index (χ0v) is 18.4. The fraction of sp³-hybridized carbons (Fsp3) is 0.0667. The largest absolute Gasteiger partial charge is 0.822 e. The topological polar surface area (TPSA) is 38.4 Å². The molecule has 0 bridgehead atoms. The molecule has 1 atom stereocenters. The molecule has 0 aromatic heterocycles. The van der Waals surface area contributed by atoms with Gasteiger partial charge < -0.3 is 5.11 Å². The lowest BCUT2D eigenvalue weighted by Crippen LogP contribution is -2.23. The molecule has 0 spiro atoms. The van der Waals surface area contributed by atoms with Crippen LogP contribution in [0.25, 0.3) is 5.57 Å². The van der Waals surface area contributed by atoms with Crippen LogP contribution >= 0.6 is 0 Å². The van der Waals surface area contributed by atoms with Crippen molar-refractivity contribution in [3.8, 4) is 0 Å². The van der Waals surface area contributed by atoms with Gasteiger partial charge in [-0.1, -0.05) is 109 Å². The molecule has 160 valence electrons. The number of nitrogens with zero attached hydrogens (tertiary/aromatic N) is 2. The van der Waals surface area contributed by atoms with Crippen molar-refractivity contribution in [2.45, 2.75) is 13.0 Å². The van der Waals surface area contributed by atoms with Crippen LogP contribution in [0.5, 0.6) is 0 Å². The zero-order valence-electron chi connectivity index (χ0n) is 18.4. The molecule has 0 saturated heterocycles. The van der Waals surface area contributed by atoms with Crippen LogP contribution in [0.3, 0.4) is 0 Å². The standard InChI is InChI=1S/C30H24N2O/c1-22-17-19-26(20-18-22)32(21-27-29(31-27)25-15-9-4-10-16-25)30(33)28(23-11-5-2-6-12-23)24-13-7-3-8-14-24/h2-21,27H,1H3/b32-21+. The van der Waals surface area contributed by atoms with Crippen LogP contribution < -0.4 is 5.11 Å². The minimum Gasteiger partial charge on any atom is -0.822 e. The summed E-state index contributed by atoms with van der Waals surface area (Å²) in [6, 6.07) is 37.7. The molecule has 0 aliphatic carbocycles. The minimum absolute atomic E-state index is 0.0780. The van der Waals surface area contributed by atoms with Crippen LogP contribution in [-0.4, -0.2) is 22.5 Å². The van der Waals surface area contributed by atoms with E-state index >= 15 is 0 Å². The van der Waals surface area contributed by atoms with Crippen LogP contribution in [0.4, 0.5) is 5.69 Å². The molecule has 5 rings (SSSR count). The van der Waals surface area contributed by atoms with Crippen LogP contribution in [0.15, 0.2) is 126 Å². The SMILES string of the molecule is Cc1ccc(/[N+](=C\C2N=C2c2ccccc2)C([O-])=C(c2ccccc2)c2ccccc2)cc1. The summed E-state index contributed by atoms with van der Waals surface area (Å²) in [5.41, 5.74) is 6.50. The lowest BCUT2D eigenvalue weighted by molar-refractivity contribution is -0.544. The second-order valence-electron chi connectivity index (χ2n) is 8.09. The summed E-state index contributed by atoms with van der Waals surface area (Å²) in [4.78, 5) is 4.65. The molecular weight excluding hydrogens is 404 g/mol. The van der Waals surface area contributed by atoms with Gasteiger partial charge in [-0.05, 0) is 23.6 Å². The Labute approximate surface area is 194 Å². The van der Waals surface area contributed by atoms with Gasteiger partial charge in [0.25, 0.3) is 0 Å². The first kappa shape index (κ1) is 20.7. The summed E-state index contributed by atoms with van der Waals surface area (Å²) in [6.45, 7) is 2.04. The Balaban J connectivity index is 1.65.